The monoisotopic (exact) mass is 1970 g/mol. The largest absolute Gasteiger partial charge is 0.508 e. The molecule has 15 atom stereocenters. The SMILES string of the molecule is CCCCC[C@H]1C(=O)N[C@@H](CC(C)C)C(=O)N[C@H](C(=O)NCC(N)=O)CSCC(=O)N[C@@H](Cc2ccc(O)cc2)C(=O)N(C)[C@@H](C)C(=O)N[C@@H](CC(N)=O)C(=O)N2CCC[C@H]2C(=O)N[C@@H](Cc2cnc[nH]2)C(=O)N[C@@H](CCC(N)=O)C(=O)N2C[C@H](O)C[C@H]2C(=O)N[C@@H](Cc2c[nH]c3ccccc23)C(=O)N[C@@H](CCN)C(=O)N[C@@H](Cc2cn(CC(=O)O)c3ccccc23)C(=O)N(C)[C@@H](CCCC)C(=O)N1C. The van der Waals surface area contributed by atoms with Gasteiger partial charge in [0.2, 0.25) is 106 Å². The highest BCUT2D eigenvalue weighted by Crippen LogP contribution is 2.29. The molecule has 23 N–H and O–H groups in total. The van der Waals surface area contributed by atoms with Gasteiger partial charge in [-0.05, 0) is 105 Å². The highest BCUT2D eigenvalue weighted by Gasteiger charge is 2.47. The number of carboxylic acid groups (broad SMARTS) is 1. The number of aliphatic carboxylic acids is 1. The van der Waals surface area contributed by atoms with Gasteiger partial charge in [-0.15, -0.1) is 11.8 Å². The summed E-state index contributed by atoms with van der Waals surface area (Å²) in [6.07, 6.45) is 2.30. The number of rotatable bonds is 29. The van der Waals surface area contributed by atoms with Gasteiger partial charge in [-0.2, -0.15) is 0 Å². The number of likely N-dealkylation sites (N-methyl/N-ethyl adjacent to an activating group) is 3. The minimum atomic E-state index is -1.82. The van der Waals surface area contributed by atoms with Gasteiger partial charge in [-0.3, -0.25) is 91.1 Å². The number of fused-ring (bicyclic) bond motifs is 4. The number of aliphatic hydroxyl groups is 1. The summed E-state index contributed by atoms with van der Waals surface area (Å²) in [5, 5.41) is 59.5. The van der Waals surface area contributed by atoms with Gasteiger partial charge >= 0.3 is 5.97 Å². The molecule has 0 bridgehead atoms. The minimum absolute atomic E-state index is 0.000140. The Balaban J connectivity index is 1.13. The smallest absolute Gasteiger partial charge is 0.323 e. The standard InChI is InChI=1S/C94H131N23O22S/c1-9-11-13-24-72-87(132)106-64(35-51(3)4)84(129)111-70(82(127)101-44-78(98)122)48-140-49-79(123)103-67(36-53-26-28-57(118)29-27-53)90(135)112(6)52(5)81(126)109-69(41-77(97)121)93(138)116-34-18-25-73(116)88(133)108-66(39-56-43-99-50-102-56)86(131)105-63(30-31-76(96)120)92(137)117-46-58(119)40-75(117)89(134)107-65(37-54-42-100-61-21-16-14-19-59(54)61)85(130)104-62(32-33-95)83(128)110-68(91(136)114(8)74(22-12-10-2)94(139)113(72)7)38-55-45-115(47-80(124)125)71-23-17-15-20-60(55)71/h14-17,19-21,23,26-29,42-43,45,50-52,58,62-70,72-75,100,118-119H,9-13,18,22,24-25,30-41,44,46-49,95H2,1-8H3,(H2,96,120)(H2,97,121)(H2,98,122)(H,99,102)(H,101,127)(H,103,123)(H,104,130)(H,105,131)(H,106,132)(H,107,134)(H,108,133)(H,109,126)(H,110,128)(H,111,129)(H,124,125)/t52-,58+,62-,63-,64-,65-,66-,67-,68-,69-,70-,72-,73-,74-,75-/m0/s1. The first-order valence-electron chi connectivity index (χ1n) is 46.9. The second-order valence-electron chi connectivity index (χ2n) is 36.1. The molecule has 6 heterocycles. The van der Waals surface area contributed by atoms with Gasteiger partial charge in [-0.1, -0.05) is 108 Å². The van der Waals surface area contributed by atoms with E-state index in [1.807, 2.05) is 13.8 Å². The van der Waals surface area contributed by atoms with Crippen LogP contribution in [0.3, 0.4) is 0 Å². The molecule has 9 rings (SSSR count). The lowest BCUT2D eigenvalue weighted by atomic mass is 9.99. The summed E-state index contributed by atoms with van der Waals surface area (Å²) in [7, 11) is 3.89. The molecule has 0 saturated carbocycles. The number of nitrogens with one attached hydrogen (secondary N) is 12. The molecule has 760 valence electrons. The number of thioether (sulfide) groups is 1. The molecule has 0 unspecified atom stereocenters. The summed E-state index contributed by atoms with van der Waals surface area (Å²) in [5.41, 5.74) is 25.6. The third-order valence-electron chi connectivity index (χ3n) is 25.0. The summed E-state index contributed by atoms with van der Waals surface area (Å²) in [5.74, 6) is -20.1. The van der Waals surface area contributed by atoms with E-state index in [2.05, 4.69) is 68.1 Å². The second-order valence-corrected chi connectivity index (χ2v) is 37.1. The van der Waals surface area contributed by atoms with Crippen LogP contribution in [0.2, 0.25) is 0 Å². The fourth-order valence-electron chi connectivity index (χ4n) is 17.4. The first-order chi connectivity index (χ1) is 66.6. The molecule has 0 aliphatic carbocycles. The van der Waals surface area contributed by atoms with Crippen LogP contribution < -0.4 is 76.1 Å². The van der Waals surface area contributed by atoms with E-state index < -0.39 is 266 Å². The maximum atomic E-state index is 16.0. The predicted octanol–water partition coefficient (Wildman–Crippen LogP) is -2.62. The van der Waals surface area contributed by atoms with Crippen LogP contribution in [0.5, 0.6) is 5.75 Å². The number of aromatic hydroxyl groups is 1. The Morgan fingerprint density at radius 3 is 1.79 bits per heavy atom. The van der Waals surface area contributed by atoms with Gasteiger partial charge in [-0.25, -0.2) is 4.98 Å². The number of hydrogen-bond acceptors (Lipinski definition) is 24. The number of benzene rings is 3. The lowest BCUT2D eigenvalue weighted by Crippen LogP contribution is -2.61. The third-order valence-corrected chi connectivity index (χ3v) is 26.1. The van der Waals surface area contributed by atoms with Crippen LogP contribution in [-0.4, -0.2) is 321 Å². The van der Waals surface area contributed by atoms with Gasteiger partial charge in [0.05, 0.1) is 31.1 Å². The van der Waals surface area contributed by atoms with Crippen LogP contribution in [0.4, 0.5) is 0 Å². The zero-order chi connectivity index (χ0) is 102. The Hall–Kier alpha value is -14.1. The predicted molar refractivity (Wildman–Crippen MR) is 512 cm³/mol. The molecule has 3 aromatic heterocycles. The average Bonchev–Trinajstić information content (AvgIpc) is 1.57. The molecule has 0 radical (unpaired) electrons. The molecule has 3 fully saturated rings. The van der Waals surface area contributed by atoms with E-state index in [-0.39, 0.29) is 88.2 Å². The number of aliphatic hydroxyl groups excluding tert-OH is 1. The normalized spacial score (nSPS) is 24.3. The maximum absolute atomic E-state index is 16.0. The average molecular weight is 1970 g/mol. The van der Waals surface area contributed by atoms with Crippen molar-refractivity contribution >= 4 is 146 Å². The van der Waals surface area contributed by atoms with Crippen molar-refractivity contribution in [3.63, 3.8) is 0 Å². The summed E-state index contributed by atoms with van der Waals surface area (Å²) >= 11 is 0.776. The fraction of sp³-hybridized carbons (Fsp3) is 0.532. The van der Waals surface area contributed by atoms with E-state index >= 15 is 38.4 Å². The number of primary amides is 3. The topological polar surface area (TPSA) is 675 Å². The number of imidazole rings is 1. The van der Waals surface area contributed by atoms with E-state index in [1.54, 1.807) is 68.6 Å². The molecule has 45 nitrogen and oxygen atoms in total. The quantitative estimate of drug-likeness (QED) is 0.0214. The number of carbonyl (C=O) groups excluding carboxylic acids is 18. The number of unbranched alkanes of at least 4 members (excludes halogenated alkanes) is 3. The Labute approximate surface area is 812 Å². The zero-order valence-electron chi connectivity index (χ0n) is 79.8. The van der Waals surface area contributed by atoms with Crippen molar-refractivity contribution < 1.29 is 106 Å². The second kappa shape index (κ2) is 52.1. The summed E-state index contributed by atoms with van der Waals surface area (Å²) in [6, 6.07) is -3.17. The lowest BCUT2D eigenvalue weighted by Gasteiger charge is -2.36. The van der Waals surface area contributed by atoms with Crippen molar-refractivity contribution in [2.45, 2.75) is 254 Å². The summed E-state index contributed by atoms with van der Waals surface area (Å²) in [4.78, 5) is 292. The van der Waals surface area contributed by atoms with Gasteiger partial charge < -0.3 is 130 Å². The molecule has 46 heteroatoms. The lowest BCUT2D eigenvalue weighted by molar-refractivity contribution is -0.149. The van der Waals surface area contributed by atoms with Crippen molar-refractivity contribution in [1.29, 1.82) is 0 Å². The van der Waals surface area contributed by atoms with E-state index in [1.165, 1.54) is 80.5 Å². The Kier molecular flexibility index (Phi) is 40.8. The van der Waals surface area contributed by atoms with Crippen molar-refractivity contribution in [3.8, 4) is 5.75 Å². The number of nitrogens with zero attached hydrogens (tertiary/aromatic N) is 7. The van der Waals surface area contributed by atoms with Gasteiger partial charge in [0.15, 0.2) is 0 Å². The number of H-pyrrole nitrogens is 2. The molecule has 0 spiro atoms. The number of phenols is 1. The molecule has 18 amide bonds. The maximum Gasteiger partial charge on any atom is 0.323 e. The first kappa shape index (κ1) is 110. The molecular formula is C94H131N23O22S. The van der Waals surface area contributed by atoms with Crippen molar-refractivity contribution in [1.82, 2.24) is 97.2 Å². The zero-order valence-corrected chi connectivity index (χ0v) is 80.6. The van der Waals surface area contributed by atoms with Crippen LogP contribution >= 0.6 is 11.8 Å². The fourth-order valence-corrected chi connectivity index (χ4v) is 18.3. The molecular weight excluding hydrogens is 1840 g/mol. The molecule has 3 aliphatic rings. The number of phenolic OH excluding ortho intramolecular Hbond substituents is 1. The van der Waals surface area contributed by atoms with Crippen LogP contribution in [0.1, 0.15) is 153 Å². The van der Waals surface area contributed by atoms with E-state index in [0.717, 1.165) is 31.4 Å². The molecule has 3 aromatic carbocycles. The Morgan fingerprint density at radius 2 is 1.14 bits per heavy atom. The number of para-hydroxylation sites is 2. The number of hydrogen-bond donors (Lipinski definition) is 19. The van der Waals surface area contributed by atoms with Crippen LogP contribution in [0.25, 0.3) is 21.8 Å². The van der Waals surface area contributed by atoms with Crippen LogP contribution in [0.15, 0.2) is 97.7 Å². The first-order valence-corrected chi connectivity index (χ1v) is 48.1. The number of aromatic amines is 2. The Bertz CT molecular complexity index is 5440. The number of aromatic nitrogens is 4. The molecule has 140 heavy (non-hydrogen) atoms. The highest BCUT2D eigenvalue weighted by atomic mass is 32.2. The minimum Gasteiger partial charge on any atom is -0.508 e. The number of nitrogens with two attached hydrogens (primary N) is 4. The van der Waals surface area contributed by atoms with Gasteiger partial charge in [0.1, 0.15) is 96.9 Å². The molecule has 3 aliphatic heterocycles. The van der Waals surface area contributed by atoms with Crippen LogP contribution in [0, 0.1) is 5.92 Å². The van der Waals surface area contributed by atoms with Crippen molar-refractivity contribution in [2.24, 2.45) is 28.9 Å². The number of amides is 18. The molecule has 3 saturated heterocycles. The van der Waals surface area contributed by atoms with Gasteiger partial charge in [0.25, 0.3) is 0 Å². The van der Waals surface area contributed by atoms with Gasteiger partial charge in [0, 0.05) is 125 Å². The summed E-state index contributed by atoms with van der Waals surface area (Å²) < 4.78 is 1.43. The van der Waals surface area contributed by atoms with Crippen LogP contribution in [-0.2, 0) is 123 Å². The Morgan fingerprint density at radius 1 is 0.557 bits per heavy atom. The third kappa shape index (κ3) is 30.5. The number of carbonyl (C=O) groups is 19. The van der Waals surface area contributed by atoms with Crippen molar-refractivity contribution in [3.05, 3.63) is 120 Å². The van der Waals surface area contributed by atoms with E-state index in [4.69, 9.17) is 22.9 Å². The van der Waals surface area contributed by atoms with E-state index in [9.17, 15) is 68.1 Å². The summed E-state index contributed by atoms with van der Waals surface area (Å²) in [6.45, 7) is 6.21. The van der Waals surface area contributed by atoms with E-state index in [0.29, 0.717) is 70.6 Å². The number of carboxylic acids is 1. The molecule has 6 aromatic rings. The highest BCUT2D eigenvalue weighted by molar-refractivity contribution is 8.00. The van der Waals surface area contributed by atoms with Crippen molar-refractivity contribution in [2.75, 3.05) is 58.8 Å².